The summed E-state index contributed by atoms with van der Waals surface area (Å²) in [6.45, 7) is 0. The Bertz CT molecular complexity index is 1890. The van der Waals surface area contributed by atoms with Crippen LogP contribution in [-0.4, -0.2) is 43.2 Å². The number of H-pyrrole nitrogens is 2. The lowest BCUT2D eigenvalue weighted by molar-refractivity contribution is -0.117. The third-order valence-corrected chi connectivity index (χ3v) is 6.92. The number of rotatable bonds is 6. The van der Waals surface area contributed by atoms with Gasteiger partial charge < -0.3 is 15.0 Å². The van der Waals surface area contributed by atoms with Crippen molar-refractivity contribution in [1.29, 1.82) is 0 Å². The maximum absolute atomic E-state index is 14.3. The zero-order valence-corrected chi connectivity index (χ0v) is 20.8. The van der Waals surface area contributed by atoms with Gasteiger partial charge >= 0.3 is 0 Å². The Balaban J connectivity index is 1.28. The largest absolute Gasteiger partial charge is 0.497 e. The highest BCUT2D eigenvalue weighted by Crippen LogP contribution is 2.36. The van der Waals surface area contributed by atoms with E-state index in [1.807, 2.05) is 18.2 Å². The van der Waals surface area contributed by atoms with Gasteiger partial charge in [-0.2, -0.15) is 5.10 Å². The summed E-state index contributed by atoms with van der Waals surface area (Å²) in [5.41, 5.74) is 6.59. The molecule has 0 unspecified atom stereocenters. The minimum Gasteiger partial charge on any atom is -0.497 e. The molecule has 6 aromatic rings. The summed E-state index contributed by atoms with van der Waals surface area (Å²) >= 11 is 0. The number of aromatic nitrogens is 6. The van der Waals surface area contributed by atoms with Crippen LogP contribution in [0.2, 0.25) is 0 Å². The molecule has 1 aromatic carbocycles. The fourth-order valence-electron chi connectivity index (χ4n) is 4.76. The molecular formula is C29H22FN7O2. The molecule has 5 heterocycles. The number of aromatic amines is 2. The van der Waals surface area contributed by atoms with E-state index in [0.717, 1.165) is 51.5 Å². The van der Waals surface area contributed by atoms with Gasteiger partial charge in [0, 0.05) is 46.3 Å². The van der Waals surface area contributed by atoms with E-state index in [1.165, 1.54) is 19.2 Å². The van der Waals surface area contributed by atoms with Gasteiger partial charge in [-0.05, 0) is 48.7 Å². The number of carbonyl (C=O) groups excluding carboxylic acids is 1. The fraction of sp³-hybridized carbons (Fsp3) is 0.138. The Morgan fingerprint density at radius 2 is 1.82 bits per heavy atom. The molecule has 1 amide bonds. The number of nitrogens with zero attached hydrogens (tertiary/aromatic N) is 4. The molecule has 9 nitrogen and oxygen atoms in total. The van der Waals surface area contributed by atoms with Crippen LogP contribution in [0.1, 0.15) is 12.8 Å². The van der Waals surface area contributed by atoms with Crippen molar-refractivity contribution >= 4 is 33.4 Å². The van der Waals surface area contributed by atoms with Crippen molar-refractivity contribution in [2.75, 3.05) is 12.4 Å². The lowest BCUT2D eigenvalue weighted by atomic mass is 10.0. The molecule has 0 saturated heterocycles. The first-order valence-corrected chi connectivity index (χ1v) is 12.5. The molecule has 1 aliphatic rings. The normalized spacial score (nSPS) is 13.2. The molecular weight excluding hydrogens is 497 g/mol. The molecule has 39 heavy (non-hydrogen) atoms. The maximum Gasteiger partial charge on any atom is 0.227 e. The van der Waals surface area contributed by atoms with E-state index in [-0.39, 0.29) is 17.6 Å². The Kier molecular flexibility index (Phi) is 5.32. The first-order chi connectivity index (χ1) is 19.1. The van der Waals surface area contributed by atoms with Gasteiger partial charge in [-0.1, -0.05) is 0 Å². The lowest BCUT2D eigenvalue weighted by Gasteiger charge is -2.06. The van der Waals surface area contributed by atoms with Crippen molar-refractivity contribution in [1.82, 2.24) is 30.1 Å². The van der Waals surface area contributed by atoms with Gasteiger partial charge in [0.25, 0.3) is 0 Å². The van der Waals surface area contributed by atoms with Crippen LogP contribution < -0.4 is 10.1 Å². The van der Waals surface area contributed by atoms with E-state index in [0.29, 0.717) is 28.4 Å². The first kappa shape index (κ1) is 23.0. The van der Waals surface area contributed by atoms with Crippen LogP contribution in [0.4, 0.5) is 10.1 Å². The Labute approximate surface area is 221 Å². The molecule has 1 fully saturated rings. The lowest BCUT2D eigenvalue weighted by Crippen LogP contribution is -2.13. The Morgan fingerprint density at radius 1 is 0.949 bits per heavy atom. The molecule has 5 aromatic heterocycles. The number of fused-ring (bicyclic) bond motifs is 2. The summed E-state index contributed by atoms with van der Waals surface area (Å²) in [5.74, 6) is 0.174. The van der Waals surface area contributed by atoms with Crippen molar-refractivity contribution in [2.24, 2.45) is 5.92 Å². The molecule has 0 aliphatic heterocycles. The highest BCUT2D eigenvalue weighted by molar-refractivity contribution is 6.01. The number of pyridine rings is 3. The number of hydrogen-bond acceptors (Lipinski definition) is 6. The summed E-state index contributed by atoms with van der Waals surface area (Å²) in [5, 5.41) is 12.3. The number of ether oxygens (including phenoxy) is 1. The third kappa shape index (κ3) is 4.25. The van der Waals surface area contributed by atoms with E-state index in [9.17, 15) is 9.18 Å². The molecule has 1 saturated carbocycles. The van der Waals surface area contributed by atoms with Crippen molar-refractivity contribution in [3.8, 4) is 39.5 Å². The molecule has 7 rings (SSSR count). The molecule has 1 aliphatic carbocycles. The summed E-state index contributed by atoms with van der Waals surface area (Å²) < 4.78 is 19.5. The molecule has 0 atom stereocenters. The topological polar surface area (TPSA) is 121 Å². The number of halogens is 1. The van der Waals surface area contributed by atoms with Crippen LogP contribution in [0, 0.1) is 11.7 Å². The van der Waals surface area contributed by atoms with Crippen molar-refractivity contribution < 1.29 is 13.9 Å². The number of benzene rings is 1. The summed E-state index contributed by atoms with van der Waals surface area (Å²) in [4.78, 5) is 28.8. The highest BCUT2D eigenvalue weighted by Gasteiger charge is 2.29. The van der Waals surface area contributed by atoms with Crippen molar-refractivity contribution in [3.63, 3.8) is 0 Å². The maximum atomic E-state index is 14.3. The summed E-state index contributed by atoms with van der Waals surface area (Å²) in [7, 11) is 1.51. The molecule has 10 heteroatoms. The smallest absolute Gasteiger partial charge is 0.227 e. The fourth-order valence-corrected chi connectivity index (χ4v) is 4.76. The van der Waals surface area contributed by atoms with E-state index in [2.05, 4.69) is 35.5 Å². The minimum atomic E-state index is -0.388. The zero-order chi connectivity index (χ0) is 26.5. The van der Waals surface area contributed by atoms with Crippen molar-refractivity contribution in [2.45, 2.75) is 12.8 Å². The standard InChI is InChI=1S/C29H22FN7O2/c1-39-20-6-16(4-18(30)7-20)23-12-32-13-26-21(23)8-25(35-26)28-22-9-24(33-14-27(22)36-37-28)17-5-19(11-31-10-17)34-29(38)15-2-3-15/h4-15,35H,2-3H2,1H3,(H,34,38)(H,36,37). The molecule has 0 bridgehead atoms. The number of carbonyl (C=O) groups is 1. The van der Waals surface area contributed by atoms with E-state index < -0.39 is 0 Å². The van der Waals surface area contributed by atoms with Crippen LogP contribution in [0.5, 0.6) is 5.75 Å². The van der Waals surface area contributed by atoms with E-state index in [1.54, 1.807) is 37.1 Å². The average Bonchev–Trinajstić information content (AvgIpc) is 3.58. The second-order valence-electron chi connectivity index (χ2n) is 9.62. The molecule has 192 valence electrons. The van der Waals surface area contributed by atoms with Gasteiger partial charge in [0.1, 0.15) is 17.3 Å². The van der Waals surface area contributed by atoms with Crippen LogP contribution in [0.25, 0.3) is 55.6 Å². The quantitative estimate of drug-likeness (QED) is 0.259. The predicted molar refractivity (Wildman–Crippen MR) is 146 cm³/mol. The molecule has 0 radical (unpaired) electrons. The number of amides is 1. The number of anilines is 1. The van der Waals surface area contributed by atoms with E-state index >= 15 is 0 Å². The predicted octanol–water partition coefficient (Wildman–Crippen LogP) is 5.73. The second kappa shape index (κ2) is 9.02. The van der Waals surface area contributed by atoms with Crippen LogP contribution in [-0.2, 0) is 4.79 Å². The summed E-state index contributed by atoms with van der Waals surface area (Å²) in [6, 6.07) is 10.4. The molecule has 3 N–H and O–H groups in total. The summed E-state index contributed by atoms with van der Waals surface area (Å²) in [6.07, 6.45) is 10.4. The van der Waals surface area contributed by atoms with Gasteiger partial charge in [0.05, 0.1) is 53.8 Å². The third-order valence-electron chi connectivity index (χ3n) is 6.92. The number of methoxy groups -OCH3 is 1. The number of hydrogen-bond donors (Lipinski definition) is 3. The SMILES string of the molecule is COc1cc(F)cc(-c2cncc3[nH]c(-c4n[nH]c5cnc(-c6cncc(NC(=O)C7CC7)c6)cc45)cc23)c1. The van der Waals surface area contributed by atoms with E-state index in [4.69, 9.17) is 4.74 Å². The number of nitrogens with one attached hydrogen (secondary N) is 3. The van der Waals surface area contributed by atoms with Crippen LogP contribution in [0.3, 0.4) is 0 Å². The zero-order valence-electron chi connectivity index (χ0n) is 20.8. The minimum absolute atomic E-state index is 0.0267. The Morgan fingerprint density at radius 3 is 2.67 bits per heavy atom. The van der Waals surface area contributed by atoms with Gasteiger partial charge in [-0.3, -0.25) is 24.8 Å². The molecule has 0 spiro atoms. The van der Waals surface area contributed by atoms with Crippen LogP contribution >= 0.6 is 0 Å². The van der Waals surface area contributed by atoms with Gasteiger partial charge in [0.2, 0.25) is 5.91 Å². The highest BCUT2D eigenvalue weighted by atomic mass is 19.1. The first-order valence-electron chi connectivity index (χ1n) is 12.5. The second-order valence-corrected chi connectivity index (χ2v) is 9.62. The average molecular weight is 520 g/mol. The monoisotopic (exact) mass is 519 g/mol. The van der Waals surface area contributed by atoms with Crippen LogP contribution in [0.15, 0.2) is 67.4 Å². The Hall–Kier alpha value is -5.12. The van der Waals surface area contributed by atoms with Crippen molar-refractivity contribution in [3.05, 3.63) is 73.2 Å². The van der Waals surface area contributed by atoms with Gasteiger partial charge in [-0.25, -0.2) is 4.39 Å². The van der Waals surface area contributed by atoms with Gasteiger partial charge in [0.15, 0.2) is 0 Å². The van der Waals surface area contributed by atoms with Gasteiger partial charge in [-0.15, -0.1) is 0 Å².